The zero-order valence-corrected chi connectivity index (χ0v) is 12.7. The van der Waals surface area contributed by atoms with E-state index < -0.39 is 15.6 Å². The smallest absolute Gasteiger partial charge is 0.263 e. The van der Waals surface area contributed by atoms with E-state index in [4.69, 9.17) is 0 Å². The highest BCUT2D eigenvalue weighted by Gasteiger charge is 2.32. The Hall–Kier alpha value is -1.40. The van der Waals surface area contributed by atoms with Gasteiger partial charge >= 0.3 is 0 Å². The normalized spacial score (nSPS) is 25.1. The molecule has 5 nitrogen and oxygen atoms in total. The van der Waals surface area contributed by atoms with Gasteiger partial charge in [0.15, 0.2) is 0 Å². The molecule has 0 atom stereocenters. The van der Waals surface area contributed by atoms with E-state index >= 15 is 0 Å². The van der Waals surface area contributed by atoms with Crippen LogP contribution in [0.15, 0.2) is 34.2 Å². The average Bonchev–Trinajstić information content (AvgIpc) is 2.61. The molecule has 2 N–H and O–H groups in total. The molecule has 0 radical (unpaired) electrons. The Morgan fingerprint density at radius 2 is 1.81 bits per heavy atom. The maximum absolute atomic E-state index is 12.0. The summed E-state index contributed by atoms with van der Waals surface area (Å²) in [5, 5.41) is 10.6. The SMILES string of the molecule is O=S1(=O)NC(=NCC2(O)CCCCCC2)c2ccccc21. The number of benzene rings is 1. The molecule has 1 aliphatic carbocycles. The van der Waals surface area contributed by atoms with Gasteiger partial charge in [-0.25, -0.2) is 8.42 Å². The standard InChI is InChI=1S/C15H20N2O3S/c18-15(9-5-1-2-6-10-15)11-16-14-12-7-3-4-8-13(12)21(19,20)17-14/h3-4,7-8,18H,1-2,5-6,9-11H2,(H,16,17). The first kappa shape index (κ1) is 14.5. The van der Waals surface area contributed by atoms with E-state index in [1.807, 2.05) is 0 Å². The third kappa shape index (κ3) is 2.96. The third-order valence-electron chi connectivity index (χ3n) is 4.23. The van der Waals surface area contributed by atoms with Crippen molar-refractivity contribution in [3.63, 3.8) is 0 Å². The summed E-state index contributed by atoms with van der Waals surface area (Å²) < 4.78 is 26.5. The molecule has 1 saturated carbocycles. The van der Waals surface area contributed by atoms with Crippen LogP contribution in [0, 0.1) is 0 Å². The summed E-state index contributed by atoms with van der Waals surface area (Å²) in [6.45, 7) is 0.249. The van der Waals surface area contributed by atoms with Crippen molar-refractivity contribution in [3.05, 3.63) is 29.8 Å². The Kier molecular flexibility index (Phi) is 3.75. The van der Waals surface area contributed by atoms with Crippen LogP contribution in [0.3, 0.4) is 0 Å². The van der Waals surface area contributed by atoms with Crippen LogP contribution in [-0.2, 0) is 10.0 Å². The van der Waals surface area contributed by atoms with Crippen LogP contribution in [0.1, 0.15) is 44.1 Å². The highest BCUT2D eigenvalue weighted by molar-refractivity contribution is 7.90. The number of nitrogens with zero attached hydrogens (tertiary/aromatic N) is 1. The van der Waals surface area contributed by atoms with Gasteiger partial charge in [-0.1, -0.05) is 37.8 Å². The molecule has 114 valence electrons. The summed E-state index contributed by atoms with van der Waals surface area (Å²) in [6, 6.07) is 6.79. The molecular formula is C15H20N2O3S. The van der Waals surface area contributed by atoms with Gasteiger partial charge in [0.05, 0.1) is 17.0 Å². The molecule has 0 bridgehead atoms. The Labute approximate surface area is 125 Å². The second-order valence-corrected chi connectivity index (χ2v) is 7.56. The number of sulfonamides is 1. The van der Waals surface area contributed by atoms with Gasteiger partial charge in [0, 0.05) is 5.56 Å². The molecular weight excluding hydrogens is 288 g/mol. The van der Waals surface area contributed by atoms with E-state index in [2.05, 4.69) is 9.71 Å². The van der Waals surface area contributed by atoms with E-state index in [1.54, 1.807) is 24.3 Å². The molecule has 0 spiro atoms. The molecule has 21 heavy (non-hydrogen) atoms. The molecule has 0 unspecified atom stereocenters. The summed E-state index contributed by atoms with van der Waals surface area (Å²) in [6.07, 6.45) is 5.77. The monoisotopic (exact) mass is 308 g/mol. The second-order valence-electron chi connectivity index (χ2n) is 5.91. The molecule has 3 rings (SSSR count). The fourth-order valence-electron chi connectivity index (χ4n) is 3.02. The van der Waals surface area contributed by atoms with Crippen LogP contribution < -0.4 is 4.72 Å². The van der Waals surface area contributed by atoms with Crippen molar-refractivity contribution in [1.82, 2.24) is 4.72 Å². The Balaban J connectivity index is 1.85. The van der Waals surface area contributed by atoms with Gasteiger partial charge in [-0.15, -0.1) is 0 Å². The number of amidine groups is 1. The van der Waals surface area contributed by atoms with Crippen LogP contribution in [0.4, 0.5) is 0 Å². The molecule has 1 fully saturated rings. The summed E-state index contributed by atoms with van der Waals surface area (Å²) in [5.41, 5.74) is -0.207. The fraction of sp³-hybridized carbons (Fsp3) is 0.533. The minimum Gasteiger partial charge on any atom is -0.388 e. The van der Waals surface area contributed by atoms with Gasteiger partial charge in [0.2, 0.25) is 0 Å². The van der Waals surface area contributed by atoms with E-state index in [0.717, 1.165) is 38.5 Å². The number of aliphatic hydroxyl groups is 1. The molecule has 1 aromatic carbocycles. The van der Waals surface area contributed by atoms with Gasteiger partial charge in [-0.3, -0.25) is 9.71 Å². The maximum atomic E-state index is 12.0. The predicted octanol–water partition coefficient (Wildman–Crippen LogP) is 1.81. The third-order valence-corrected chi connectivity index (χ3v) is 5.63. The van der Waals surface area contributed by atoms with Gasteiger partial charge in [-0.2, -0.15) is 0 Å². The molecule has 2 aliphatic rings. The Morgan fingerprint density at radius 3 is 2.52 bits per heavy atom. The minimum atomic E-state index is -3.50. The largest absolute Gasteiger partial charge is 0.388 e. The number of rotatable bonds is 2. The molecule has 0 amide bonds. The average molecular weight is 308 g/mol. The van der Waals surface area contributed by atoms with E-state index in [-0.39, 0.29) is 11.4 Å². The van der Waals surface area contributed by atoms with Crippen molar-refractivity contribution in [2.24, 2.45) is 4.99 Å². The van der Waals surface area contributed by atoms with Crippen molar-refractivity contribution < 1.29 is 13.5 Å². The summed E-state index contributed by atoms with van der Waals surface area (Å²) in [5.74, 6) is 0.350. The van der Waals surface area contributed by atoms with Crippen molar-refractivity contribution in [1.29, 1.82) is 0 Å². The van der Waals surface area contributed by atoms with Crippen LogP contribution in [0.2, 0.25) is 0 Å². The summed E-state index contributed by atoms with van der Waals surface area (Å²) in [7, 11) is -3.50. The lowest BCUT2D eigenvalue weighted by Crippen LogP contribution is -2.33. The molecule has 6 heteroatoms. The van der Waals surface area contributed by atoms with Crippen molar-refractivity contribution in [2.45, 2.75) is 49.0 Å². The molecule has 1 aliphatic heterocycles. The number of hydrogen-bond acceptors (Lipinski definition) is 4. The van der Waals surface area contributed by atoms with Gasteiger partial charge in [0.1, 0.15) is 5.84 Å². The van der Waals surface area contributed by atoms with Gasteiger partial charge in [-0.05, 0) is 25.0 Å². The van der Waals surface area contributed by atoms with E-state index in [1.165, 1.54) is 0 Å². The highest BCUT2D eigenvalue weighted by Crippen LogP contribution is 2.28. The Morgan fingerprint density at radius 1 is 1.14 bits per heavy atom. The predicted molar refractivity (Wildman–Crippen MR) is 80.8 cm³/mol. The highest BCUT2D eigenvalue weighted by atomic mass is 32.2. The number of hydrogen-bond donors (Lipinski definition) is 2. The molecule has 1 heterocycles. The topological polar surface area (TPSA) is 78.8 Å². The summed E-state index contributed by atoms with van der Waals surface area (Å²) >= 11 is 0. The van der Waals surface area contributed by atoms with Crippen LogP contribution in [0.5, 0.6) is 0 Å². The fourth-order valence-corrected chi connectivity index (χ4v) is 4.27. The number of nitrogens with one attached hydrogen (secondary N) is 1. The van der Waals surface area contributed by atoms with Gasteiger partial charge < -0.3 is 5.11 Å². The minimum absolute atomic E-state index is 0.249. The quantitative estimate of drug-likeness (QED) is 0.818. The van der Waals surface area contributed by atoms with Gasteiger partial charge in [0.25, 0.3) is 10.0 Å². The summed E-state index contributed by atoms with van der Waals surface area (Å²) in [4.78, 5) is 4.63. The van der Waals surface area contributed by atoms with Crippen LogP contribution in [0.25, 0.3) is 0 Å². The lowest BCUT2D eigenvalue weighted by atomic mass is 9.95. The van der Waals surface area contributed by atoms with Crippen molar-refractivity contribution in [2.75, 3.05) is 6.54 Å². The first-order valence-corrected chi connectivity index (χ1v) is 8.88. The number of aliphatic imine (C=N–C) groups is 1. The number of fused-ring (bicyclic) bond motifs is 1. The van der Waals surface area contributed by atoms with Crippen molar-refractivity contribution in [3.8, 4) is 0 Å². The van der Waals surface area contributed by atoms with Crippen LogP contribution >= 0.6 is 0 Å². The second kappa shape index (κ2) is 5.42. The molecule has 0 saturated heterocycles. The van der Waals surface area contributed by atoms with E-state index in [9.17, 15) is 13.5 Å². The lowest BCUT2D eigenvalue weighted by molar-refractivity contribution is 0.0344. The Bertz CT molecular complexity index is 659. The zero-order valence-electron chi connectivity index (χ0n) is 11.9. The first-order chi connectivity index (χ1) is 10.0. The van der Waals surface area contributed by atoms with Crippen LogP contribution in [-0.4, -0.2) is 31.5 Å². The van der Waals surface area contributed by atoms with Crippen molar-refractivity contribution >= 4 is 15.9 Å². The van der Waals surface area contributed by atoms with E-state index in [0.29, 0.717) is 11.4 Å². The zero-order chi connectivity index (χ0) is 14.9. The maximum Gasteiger partial charge on any atom is 0.263 e. The first-order valence-electron chi connectivity index (χ1n) is 7.39. The lowest BCUT2D eigenvalue weighted by Gasteiger charge is -2.24. The molecule has 1 aromatic rings. The molecule has 0 aromatic heterocycles.